The minimum Gasteiger partial charge on any atom is -0.264 e. The zero-order valence-corrected chi connectivity index (χ0v) is 26.2. The second kappa shape index (κ2) is 14.6. The molecule has 0 bridgehead atoms. The number of nitrogens with zero attached hydrogens (tertiary/aromatic N) is 6. The van der Waals surface area contributed by atoms with Gasteiger partial charge in [0.15, 0.2) is 0 Å². The van der Waals surface area contributed by atoms with Crippen molar-refractivity contribution in [2.75, 3.05) is 13.1 Å². The van der Waals surface area contributed by atoms with E-state index >= 15 is 0 Å². The first-order valence-electron chi connectivity index (χ1n) is 18.1. The number of urea groups is 2. The largest absolute Gasteiger partial charge is 0.333 e. The van der Waals surface area contributed by atoms with Crippen LogP contribution in [0.25, 0.3) is 0 Å². The molecule has 0 aromatic rings. The van der Waals surface area contributed by atoms with Gasteiger partial charge in [0.1, 0.15) is 0 Å². The Morgan fingerprint density at radius 2 is 0.786 bits per heavy atom. The van der Waals surface area contributed by atoms with E-state index < -0.39 is 0 Å². The molecular formula is C34H56N6O2. The van der Waals surface area contributed by atoms with Crippen LogP contribution in [0.5, 0.6) is 0 Å². The Hall–Kier alpha value is -2.12. The molecular weight excluding hydrogens is 524 g/mol. The minimum atomic E-state index is 0.189. The van der Waals surface area contributed by atoms with Crippen molar-refractivity contribution in [3.8, 4) is 0 Å². The third-order valence-electron chi connectivity index (χ3n) is 10.9. The van der Waals surface area contributed by atoms with Crippen molar-refractivity contribution in [2.24, 2.45) is 9.98 Å². The van der Waals surface area contributed by atoms with Crippen LogP contribution in [-0.2, 0) is 0 Å². The molecule has 8 nitrogen and oxygen atoms in total. The molecule has 4 aliphatic carbocycles. The minimum absolute atomic E-state index is 0.189. The predicted molar refractivity (Wildman–Crippen MR) is 169 cm³/mol. The zero-order chi connectivity index (χ0) is 28.7. The maximum absolute atomic E-state index is 13.3. The van der Waals surface area contributed by atoms with Gasteiger partial charge in [-0.2, -0.15) is 0 Å². The van der Waals surface area contributed by atoms with E-state index in [0.29, 0.717) is 24.2 Å². The molecule has 8 heteroatoms. The summed E-state index contributed by atoms with van der Waals surface area (Å²) in [6.07, 6.45) is 28.6. The van der Waals surface area contributed by atoms with Gasteiger partial charge in [-0.25, -0.2) is 19.6 Å². The third-order valence-corrected chi connectivity index (χ3v) is 10.9. The fraction of sp³-hybridized carbons (Fsp3) is 0.882. The molecule has 42 heavy (non-hydrogen) atoms. The third kappa shape index (κ3) is 6.83. The van der Waals surface area contributed by atoms with Crippen molar-refractivity contribution in [3.05, 3.63) is 0 Å². The first-order valence-corrected chi connectivity index (χ1v) is 18.1. The summed E-state index contributed by atoms with van der Waals surface area (Å²) < 4.78 is 0. The van der Waals surface area contributed by atoms with Crippen molar-refractivity contribution in [3.63, 3.8) is 0 Å². The van der Waals surface area contributed by atoms with E-state index in [2.05, 4.69) is 9.80 Å². The summed E-state index contributed by atoms with van der Waals surface area (Å²) in [7, 11) is 0. The van der Waals surface area contributed by atoms with Crippen molar-refractivity contribution in [2.45, 2.75) is 178 Å². The predicted octanol–water partition coefficient (Wildman–Crippen LogP) is 8.06. The Morgan fingerprint density at radius 1 is 0.452 bits per heavy atom. The van der Waals surface area contributed by atoms with Crippen molar-refractivity contribution >= 4 is 24.0 Å². The van der Waals surface area contributed by atoms with Crippen LogP contribution < -0.4 is 0 Å². The molecule has 2 heterocycles. The summed E-state index contributed by atoms with van der Waals surface area (Å²) in [6, 6.07) is 1.88. The smallest absolute Gasteiger partial charge is 0.264 e. The lowest BCUT2D eigenvalue weighted by molar-refractivity contribution is 0.127. The number of amides is 4. The molecule has 0 radical (unpaired) electrons. The van der Waals surface area contributed by atoms with Crippen LogP contribution >= 0.6 is 0 Å². The fourth-order valence-electron chi connectivity index (χ4n) is 8.39. The summed E-state index contributed by atoms with van der Waals surface area (Å²) in [5.74, 6) is 1.97. The molecule has 0 aromatic carbocycles. The Bertz CT molecular complexity index is 895. The van der Waals surface area contributed by atoms with Crippen LogP contribution in [0.2, 0.25) is 0 Å². The van der Waals surface area contributed by atoms with Gasteiger partial charge < -0.3 is 0 Å². The van der Waals surface area contributed by atoms with Crippen molar-refractivity contribution in [1.82, 2.24) is 19.6 Å². The van der Waals surface area contributed by atoms with E-state index in [4.69, 9.17) is 9.98 Å². The van der Waals surface area contributed by atoms with Gasteiger partial charge in [0.2, 0.25) is 11.9 Å². The summed E-state index contributed by atoms with van der Waals surface area (Å²) in [4.78, 5) is 45.0. The molecule has 234 valence electrons. The van der Waals surface area contributed by atoms with Gasteiger partial charge >= 0.3 is 12.1 Å². The van der Waals surface area contributed by atoms with Crippen LogP contribution in [0.15, 0.2) is 9.98 Å². The maximum atomic E-state index is 13.3. The van der Waals surface area contributed by atoms with E-state index in [0.717, 1.165) is 76.4 Å². The lowest BCUT2D eigenvalue weighted by atomic mass is 9.93. The Kier molecular flexibility index (Phi) is 10.4. The number of carbonyl (C=O) groups is 2. The van der Waals surface area contributed by atoms with Gasteiger partial charge in [-0.05, 0) is 64.2 Å². The number of hydrogen-bond acceptors (Lipinski definition) is 4. The molecule has 0 atom stereocenters. The molecule has 4 saturated carbocycles. The number of unbranched alkanes of at least 4 members (excludes halogenated alkanes) is 3. The fourth-order valence-corrected chi connectivity index (χ4v) is 8.39. The van der Waals surface area contributed by atoms with Gasteiger partial charge in [0, 0.05) is 25.2 Å². The number of carbonyl (C=O) groups excluding carboxylic acids is 2. The van der Waals surface area contributed by atoms with Crippen molar-refractivity contribution in [1.29, 1.82) is 0 Å². The van der Waals surface area contributed by atoms with E-state index in [-0.39, 0.29) is 12.1 Å². The first-order chi connectivity index (χ1) is 20.7. The SMILES string of the molecule is O=C1N(CCCCCCN2C(=O)N(C3CCCCC3)C2=NC2CCCCC2)C(=NC2CCCCC2)N1C1CCCCC1. The van der Waals surface area contributed by atoms with Crippen LogP contribution in [0.4, 0.5) is 9.59 Å². The standard InChI is InChI=1S/C34H56N6O2/c41-33-37(31(35-27-17-7-3-8-18-27)39(33)29-21-11-5-12-22-29)25-15-1-2-16-26-38-32(36-28-19-9-4-10-20-28)40(34(38)42)30-23-13-6-14-24-30/h27-30H,1-26H2. The monoisotopic (exact) mass is 580 g/mol. The quantitative estimate of drug-likeness (QED) is 0.232. The van der Waals surface area contributed by atoms with Crippen LogP contribution in [0.1, 0.15) is 154 Å². The van der Waals surface area contributed by atoms with Gasteiger partial charge in [0.05, 0.1) is 12.1 Å². The lowest BCUT2D eigenvalue weighted by Crippen LogP contribution is -2.68. The van der Waals surface area contributed by atoms with Crippen LogP contribution in [-0.4, -0.2) is 80.8 Å². The lowest BCUT2D eigenvalue weighted by Gasteiger charge is -2.48. The van der Waals surface area contributed by atoms with E-state index in [1.54, 1.807) is 0 Å². The van der Waals surface area contributed by atoms with Gasteiger partial charge in [-0.3, -0.25) is 19.6 Å². The normalized spacial score (nSPS) is 27.7. The summed E-state index contributed by atoms with van der Waals surface area (Å²) >= 11 is 0. The zero-order valence-electron chi connectivity index (χ0n) is 26.2. The van der Waals surface area contributed by atoms with Gasteiger partial charge in [-0.15, -0.1) is 0 Å². The number of hydrogen-bond donors (Lipinski definition) is 0. The molecule has 6 aliphatic rings. The highest BCUT2D eigenvalue weighted by molar-refractivity contribution is 6.15. The van der Waals surface area contributed by atoms with Crippen LogP contribution in [0, 0.1) is 0 Å². The van der Waals surface area contributed by atoms with Crippen molar-refractivity contribution < 1.29 is 9.59 Å². The molecule has 0 unspecified atom stereocenters. The first kappa shape index (κ1) is 29.9. The van der Waals surface area contributed by atoms with E-state index in [1.807, 2.05) is 9.80 Å². The molecule has 2 saturated heterocycles. The summed E-state index contributed by atoms with van der Waals surface area (Å²) in [5, 5.41) is 0. The Balaban J connectivity index is 0.985. The molecule has 6 fully saturated rings. The topological polar surface area (TPSA) is 71.8 Å². The second-order valence-corrected chi connectivity index (χ2v) is 14.0. The highest BCUT2D eigenvalue weighted by Crippen LogP contribution is 2.33. The molecule has 6 rings (SSSR count). The van der Waals surface area contributed by atoms with E-state index in [9.17, 15) is 9.59 Å². The molecule has 4 amide bonds. The molecule has 0 spiro atoms. The average molecular weight is 581 g/mol. The summed E-state index contributed by atoms with van der Waals surface area (Å²) in [5.41, 5.74) is 0. The van der Waals surface area contributed by atoms with Crippen LogP contribution in [0.3, 0.4) is 0 Å². The molecule has 0 N–H and O–H groups in total. The number of aliphatic imine (C=N–C) groups is 2. The Morgan fingerprint density at radius 3 is 1.14 bits per heavy atom. The number of guanidine groups is 2. The molecule has 0 aromatic heterocycles. The Labute approximate surface area is 254 Å². The molecule has 2 aliphatic heterocycles. The number of rotatable bonds is 11. The second-order valence-electron chi connectivity index (χ2n) is 14.0. The van der Waals surface area contributed by atoms with Gasteiger partial charge in [-0.1, -0.05) is 89.9 Å². The summed E-state index contributed by atoms with van der Waals surface area (Å²) in [6.45, 7) is 1.56. The van der Waals surface area contributed by atoms with E-state index in [1.165, 1.54) is 103 Å². The maximum Gasteiger partial charge on any atom is 0.333 e. The average Bonchev–Trinajstić information content (AvgIpc) is 3.04. The highest BCUT2D eigenvalue weighted by atomic mass is 16.2. The van der Waals surface area contributed by atoms with Gasteiger partial charge in [0.25, 0.3) is 0 Å². The highest BCUT2D eigenvalue weighted by Gasteiger charge is 2.47.